The highest BCUT2D eigenvalue weighted by Gasteiger charge is 2.27. The van der Waals surface area contributed by atoms with E-state index in [1.165, 1.54) is 21.9 Å². The zero-order chi connectivity index (χ0) is 19.2. The molecule has 28 heavy (non-hydrogen) atoms. The van der Waals surface area contributed by atoms with Crippen LogP contribution in [0.25, 0.3) is 10.8 Å². The number of rotatable bonds is 7. The molecule has 1 aliphatic rings. The third-order valence-corrected chi connectivity index (χ3v) is 5.37. The number of nitrogens with one attached hydrogen (secondary N) is 1. The fourth-order valence-corrected chi connectivity index (χ4v) is 3.89. The molecular formula is C24H27NO3. The molecule has 3 aromatic carbocycles. The van der Waals surface area contributed by atoms with Crippen molar-refractivity contribution in [3.63, 3.8) is 0 Å². The van der Waals surface area contributed by atoms with E-state index in [9.17, 15) is 0 Å². The van der Waals surface area contributed by atoms with Crippen molar-refractivity contribution in [1.82, 2.24) is 5.32 Å². The van der Waals surface area contributed by atoms with Crippen molar-refractivity contribution in [2.75, 3.05) is 26.3 Å². The van der Waals surface area contributed by atoms with Crippen molar-refractivity contribution >= 4 is 10.8 Å². The highest BCUT2D eigenvalue weighted by atomic mass is 16.5. The minimum absolute atomic E-state index is 0.0285. The van der Waals surface area contributed by atoms with Gasteiger partial charge in [-0.1, -0.05) is 48.5 Å². The maximum Gasteiger partial charge on any atom is 0.119 e. The van der Waals surface area contributed by atoms with Crippen LogP contribution in [0.5, 0.6) is 5.75 Å². The molecule has 0 bridgehead atoms. The molecule has 2 atom stereocenters. The van der Waals surface area contributed by atoms with Crippen LogP contribution in [-0.2, 0) is 11.3 Å². The molecule has 4 rings (SSSR count). The third-order valence-electron chi connectivity index (χ3n) is 5.37. The molecule has 1 fully saturated rings. The Hall–Kier alpha value is -2.40. The maximum atomic E-state index is 8.88. The van der Waals surface area contributed by atoms with E-state index >= 15 is 0 Å². The van der Waals surface area contributed by atoms with Gasteiger partial charge in [-0.3, -0.25) is 0 Å². The molecule has 0 aromatic heterocycles. The van der Waals surface area contributed by atoms with Gasteiger partial charge in [-0.25, -0.2) is 0 Å². The van der Waals surface area contributed by atoms with Gasteiger partial charge in [0, 0.05) is 12.5 Å². The fourth-order valence-electron chi connectivity index (χ4n) is 3.89. The predicted molar refractivity (Wildman–Crippen MR) is 112 cm³/mol. The smallest absolute Gasteiger partial charge is 0.119 e. The molecule has 146 valence electrons. The standard InChI is InChI=1S/C24H27NO3/c26-13-14-27-22-9-7-20(8-10-22)23-11-12-25-16-24(23)28-17-18-5-6-19-3-1-2-4-21(19)15-18/h1-10,15,23-26H,11-14,16-17H2. The minimum atomic E-state index is 0.0285. The Morgan fingerprint density at radius 3 is 2.61 bits per heavy atom. The number of piperidine rings is 1. The molecule has 1 saturated heterocycles. The van der Waals surface area contributed by atoms with E-state index in [2.05, 4.69) is 59.9 Å². The van der Waals surface area contributed by atoms with E-state index in [1.54, 1.807) is 0 Å². The number of benzene rings is 3. The van der Waals surface area contributed by atoms with Crippen LogP contribution in [-0.4, -0.2) is 37.5 Å². The average Bonchev–Trinajstić information content (AvgIpc) is 2.77. The van der Waals surface area contributed by atoms with Crippen LogP contribution in [0.2, 0.25) is 0 Å². The zero-order valence-electron chi connectivity index (χ0n) is 16.0. The Bertz CT molecular complexity index is 894. The summed E-state index contributed by atoms with van der Waals surface area (Å²) in [7, 11) is 0. The molecule has 3 aromatic rings. The molecule has 1 heterocycles. The minimum Gasteiger partial charge on any atom is -0.491 e. The van der Waals surface area contributed by atoms with Gasteiger partial charge in [-0.2, -0.15) is 0 Å². The van der Waals surface area contributed by atoms with Gasteiger partial charge in [0.05, 0.1) is 19.3 Å². The summed E-state index contributed by atoms with van der Waals surface area (Å²) in [6.07, 6.45) is 1.20. The number of aliphatic hydroxyl groups excluding tert-OH is 1. The van der Waals surface area contributed by atoms with Crippen molar-refractivity contribution in [3.8, 4) is 5.75 Å². The zero-order valence-corrected chi connectivity index (χ0v) is 16.0. The summed E-state index contributed by atoms with van der Waals surface area (Å²) >= 11 is 0. The van der Waals surface area contributed by atoms with Gasteiger partial charge in [0.15, 0.2) is 0 Å². The number of fused-ring (bicyclic) bond motifs is 1. The Morgan fingerprint density at radius 2 is 1.79 bits per heavy atom. The first-order chi connectivity index (χ1) is 13.8. The van der Waals surface area contributed by atoms with Crippen LogP contribution < -0.4 is 10.1 Å². The number of hydrogen-bond acceptors (Lipinski definition) is 4. The van der Waals surface area contributed by atoms with Gasteiger partial charge in [0.1, 0.15) is 12.4 Å². The Kier molecular flexibility index (Phi) is 6.22. The summed E-state index contributed by atoms with van der Waals surface area (Å²) in [6, 6.07) is 23.1. The predicted octanol–water partition coefficient (Wildman–Crippen LogP) is 3.87. The number of aliphatic hydroxyl groups is 1. The quantitative estimate of drug-likeness (QED) is 0.656. The van der Waals surface area contributed by atoms with Crippen LogP contribution in [0.1, 0.15) is 23.5 Å². The lowest BCUT2D eigenvalue weighted by atomic mass is 9.87. The summed E-state index contributed by atoms with van der Waals surface area (Å²) < 4.78 is 11.8. The lowest BCUT2D eigenvalue weighted by molar-refractivity contribution is 0.0106. The van der Waals surface area contributed by atoms with Gasteiger partial charge < -0.3 is 19.9 Å². The number of ether oxygens (including phenoxy) is 2. The molecule has 0 saturated carbocycles. The second kappa shape index (κ2) is 9.20. The van der Waals surface area contributed by atoms with Crippen LogP contribution in [0.3, 0.4) is 0 Å². The van der Waals surface area contributed by atoms with Crippen LogP contribution in [0.4, 0.5) is 0 Å². The second-order valence-electron chi connectivity index (χ2n) is 7.27. The van der Waals surface area contributed by atoms with Gasteiger partial charge in [-0.05, 0) is 53.1 Å². The van der Waals surface area contributed by atoms with E-state index in [1.807, 2.05) is 12.1 Å². The van der Waals surface area contributed by atoms with E-state index in [0.717, 1.165) is 25.3 Å². The third kappa shape index (κ3) is 4.53. The molecule has 4 heteroatoms. The van der Waals surface area contributed by atoms with E-state index < -0.39 is 0 Å². The van der Waals surface area contributed by atoms with Gasteiger partial charge in [-0.15, -0.1) is 0 Å². The molecule has 0 radical (unpaired) electrons. The molecule has 0 aliphatic carbocycles. The first-order valence-electron chi connectivity index (χ1n) is 9.97. The lowest BCUT2D eigenvalue weighted by Crippen LogP contribution is -2.40. The topological polar surface area (TPSA) is 50.7 Å². The lowest BCUT2D eigenvalue weighted by Gasteiger charge is -2.32. The molecular weight excluding hydrogens is 350 g/mol. The summed E-state index contributed by atoms with van der Waals surface area (Å²) in [4.78, 5) is 0. The van der Waals surface area contributed by atoms with Crippen LogP contribution in [0, 0.1) is 0 Å². The monoisotopic (exact) mass is 377 g/mol. The van der Waals surface area contributed by atoms with Crippen molar-refractivity contribution in [2.45, 2.75) is 25.0 Å². The summed E-state index contributed by atoms with van der Waals surface area (Å²) in [5.74, 6) is 1.16. The Labute approximate surface area is 166 Å². The second-order valence-corrected chi connectivity index (χ2v) is 7.27. The summed E-state index contributed by atoms with van der Waals surface area (Å²) in [6.45, 7) is 2.83. The van der Waals surface area contributed by atoms with Gasteiger partial charge >= 0.3 is 0 Å². The van der Waals surface area contributed by atoms with Crippen molar-refractivity contribution < 1.29 is 14.6 Å². The van der Waals surface area contributed by atoms with Gasteiger partial charge in [0.2, 0.25) is 0 Å². The maximum absolute atomic E-state index is 8.88. The Morgan fingerprint density at radius 1 is 0.964 bits per heavy atom. The van der Waals surface area contributed by atoms with E-state index in [4.69, 9.17) is 14.6 Å². The normalized spacial score (nSPS) is 19.6. The number of hydrogen-bond donors (Lipinski definition) is 2. The molecule has 4 nitrogen and oxygen atoms in total. The first-order valence-corrected chi connectivity index (χ1v) is 9.97. The SMILES string of the molecule is OCCOc1ccc(C2CCNCC2OCc2ccc3ccccc3c2)cc1. The highest BCUT2D eigenvalue weighted by molar-refractivity contribution is 5.82. The molecule has 2 unspecified atom stereocenters. The summed E-state index contributed by atoms with van der Waals surface area (Å²) in [5.41, 5.74) is 2.48. The fraction of sp³-hybridized carbons (Fsp3) is 0.333. The van der Waals surface area contributed by atoms with Crippen molar-refractivity contribution in [1.29, 1.82) is 0 Å². The molecule has 1 aliphatic heterocycles. The molecule has 2 N–H and O–H groups in total. The summed E-state index contributed by atoms with van der Waals surface area (Å²) in [5, 5.41) is 14.9. The first kappa shape index (κ1) is 18.9. The van der Waals surface area contributed by atoms with Crippen molar-refractivity contribution in [3.05, 3.63) is 77.9 Å². The average molecular weight is 377 g/mol. The van der Waals surface area contributed by atoms with Crippen LogP contribution >= 0.6 is 0 Å². The van der Waals surface area contributed by atoms with E-state index in [-0.39, 0.29) is 12.7 Å². The van der Waals surface area contributed by atoms with Crippen LogP contribution in [0.15, 0.2) is 66.7 Å². The Balaban J connectivity index is 1.43. The van der Waals surface area contributed by atoms with Gasteiger partial charge in [0.25, 0.3) is 0 Å². The van der Waals surface area contributed by atoms with Crippen molar-refractivity contribution in [2.24, 2.45) is 0 Å². The highest BCUT2D eigenvalue weighted by Crippen LogP contribution is 2.30. The largest absolute Gasteiger partial charge is 0.491 e. The molecule has 0 spiro atoms. The molecule has 0 amide bonds. The van der Waals surface area contributed by atoms with E-state index in [0.29, 0.717) is 19.1 Å².